The maximum absolute atomic E-state index is 10.5. The molecule has 1 N–H and O–H groups in total. The van der Waals surface area contributed by atoms with Crippen LogP contribution in [0.25, 0.3) is 0 Å². The molecule has 1 aliphatic rings. The van der Waals surface area contributed by atoms with Gasteiger partial charge in [0, 0.05) is 13.0 Å². The zero-order valence-corrected chi connectivity index (χ0v) is 10.6. The van der Waals surface area contributed by atoms with Crippen molar-refractivity contribution in [3.63, 3.8) is 0 Å². The highest BCUT2D eigenvalue weighted by molar-refractivity contribution is 5.66. The van der Waals surface area contributed by atoms with Crippen molar-refractivity contribution in [1.29, 1.82) is 0 Å². The van der Waals surface area contributed by atoms with E-state index in [4.69, 9.17) is 5.11 Å². The number of hydrogen-bond donors (Lipinski definition) is 1. The average molecular weight is 253 g/mol. The lowest BCUT2D eigenvalue weighted by molar-refractivity contribution is -0.137. The number of likely N-dealkylation sites (tertiary alicyclic amines) is 1. The summed E-state index contributed by atoms with van der Waals surface area (Å²) in [6.07, 6.45) is 3.22. The number of piperidine rings is 1. The number of carboxylic acid groups (broad SMARTS) is 1. The molecular weight excluding hydrogens is 234 g/mol. The molecule has 0 bridgehead atoms. The fraction of sp³-hybridized carbons (Fsp3) is 0.750. The van der Waals surface area contributed by atoms with Crippen LogP contribution in [0.15, 0.2) is 4.63 Å². The van der Waals surface area contributed by atoms with Gasteiger partial charge < -0.3 is 5.11 Å². The van der Waals surface area contributed by atoms with Gasteiger partial charge in [-0.05, 0) is 45.2 Å². The van der Waals surface area contributed by atoms with Crippen molar-refractivity contribution in [2.45, 2.75) is 39.2 Å². The van der Waals surface area contributed by atoms with Crippen LogP contribution in [0.1, 0.15) is 37.1 Å². The Bertz CT molecular complexity index is 397. The molecule has 100 valence electrons. The van der Waals surface area contributed by atoms with E-state index in [-0.39, 0.29) is 6.42 Å². The van der Waals surface area contributed by atoms with Crippen molar-refractivity contribution in [2.24, 2.45) is 5.92 Å². The van der Waals surface area contributed by atoms with Gasteiger partial charge in [-0.2, -0.15) is 0 Å². The molecule has 6 heteroatoms. The highest BCUT2D eigenvalue weighted by atomic mass is 16.6. The molecule has 1 aromatic heterocycles. The Morgan fingerprint density at radius 2 is 2.17 bits per heavy atom. The van der Waals surface area contributed by atoms with E-state index in [1.54, 1.807) is 0 Å². The number of aryl methyl sites for hydroxylation is 1. The molecule has 1 aromatic rings. The summed E-state index contributed by atoms with van der Waals surface area (Å²) in [5.74, 6) is -0.143. The van der Waals surface area contributed by atoms with Crippen molar-refractivity contribution >= 4 is 5.97 Å². The summed E-state index contributed by atoms with van der Waals surface area (Å²) in [5, 5.41) is 16.3. The van der Waals surface area contributed by atoms with Crippen molar-refractivity contribution in [3.8, 4) is 0 Å². The van der Waals surface area contributed by atoms with Gasteiger partial charge in [0.2, 0.25) is 0 Å². The molecule has 1 fully saturated rings. The van der Waals surface area contributed by atoms with Crippen LogP contribution in [0, 0.1) is 12.8 Å². The Labute approximate surface area is 106 Å². The third-order valence-electron chi connectivity index (χ3n) is 3.59. The molecule has 0 amide bonds. The first-order chi connectivity index (χ1) is 8.65. The minimum absolute atomic E-state index is 0.289. The van der Waals surface area contributed by atoms with Crippen LogP contribution in [0.5, 0.6) is 0 Å². The number of aromatic nitrogens is 2. The van der Waals surface area contributed by atoms with Crippen LogP contribution >= 0.6 is 0 Å². The maximum Gasteiger partial charge on any atom is 0.303 e. The molecule has 0 saturated carbocycles. The highest BCUT2D eigenvalue weighted by Gasteiger charge is 2.21. The average Bonchev–Trinajstić information content (AvgIpc) is 2.74. The van der Waals surface area contributed by atoms with Gasteiger partial charge in [0.1, 0.15) is 11.4 Å². The van der Waals surface area contributed by atoms with Crippen LogP contribution in [0.4, 0.5) is 0 Å². The third-order valence-corrected chi connectivity index (χ3v) is 3.59. The smallest absolute Gasteiger partial charge is 0.303 e. The van der Waals surface area contributed by atoms with Crippen molar-refractivity contribution in [2.75, 3.05) is 13.1 Å². The van der Waals surface area contributed by atoms with Gasteiger partial charge in [0.25, 0.3) is 0 Å². The number of rotatable bonds is 5. The summed E-state index contributed by atoms with van der Waals surface area (Å²) >= 11 is 0. The number of carbonyl (C=O) groups is 1. The second-order valence-electron chi connectivity index (χ2n) is 4.95. The lowest BCUT2D eigenvalue weighted by Crippen LogP contribution is -2.33. The minimum atomic E-state index is -0.693. The Hall–Kier alpha value is -1.43. The Balaban J connectivity index is 1.73. The number of carboxylic acids is 1. The van der Waals surface area contributed by atoms with E-state index in [1.807, 2.05) is 6.92 Å². The van der Waals surface area contributed by atoms with Crippen LogP contribution < -0.4 is 0 Å². The molecule has 1 aliphatic heterocycles. The topological polar surface area (TPSA) is 79.5 Å². The third kappa shape index (κ3) is 3.53. The van der Waals surface area contributed by atoms with Gasteiger partial charge >= 0.3 is 5.97 Å². The number of hydrogen-bond acceptors (Lipinski definition) is 5. The van der Waals surface area contributed by atoms with Gasteiger partial charge in [-0.3, -0.25) is 9.69 Å². The zero-order valence-electron chi connectivity index (χ0n) is 10.6. The first-order valence-corrected chi connectivity index (χ1v) is 6.37. The number of nitrogens with zero attached hydrogens (tertiary/aromatic N) is 3. The van der Waals surface area contributed by atoms with Crippen molar-refractivity contribution in [1.82, 2.24) is 15.2 Å². The van der Waals surface area contributed by atoms with Gasteiger partial charge in [0.15, 0.2) is 0 Å². The van der Waals surface area contributed by atoms with E-state index in [2.05, 4.69) is 19.8 Å². The molecule has 1 saturated heterocycles. The molecule has 6 nitrogen and oxygen atoms in total. The standard InChI is InChI=1S/C12H19N3O3/c1-9-11(14-18-13-9)8-15-6-4-10(5-7-15)2-3-12(16)17/h10H,2-8H2,1H3,(H,16,17). The summed E-state index contributed by atoms with van der Waals surface area (Å²) in [4.78, 5) is 12.8. The summed E-state index contributed by atoms with van der Waals surface area (Å²) in [5.41, 5.74) is 1.75. The fourth-order valence-electron chi connectivity index (χ4n) is 2.37. The van der Waals surface area contributed by atoms with Crippen LogP contribution in [0.3, 0.4) is 0 Å². The van der Waals surface area contributed by atoms with Gasteiger partial charge in [0.05, 0.1) is 0 Å². The first-order valence-electron chi connectivity index (χ1n) is 6.37. The molecule has 0 unspecified atom stereocenters. The predicted molar refractivity (Wildman–Crippen MR) is 63.9 cm³/mol. The van der Waals surface area contributed by atoms with E-state index in [0.717, 1.165) is 50.3 Å². The second-order valence-corrected chi connectivity index (χ2v) is 4.95. The first kappa shape index (κ1) is 13.0. The molecular formula is C12H19N3O3. The number of aliphatic carboxylic acids is 1. The normalized spacial score (nSPS) is 18.1. The largest absolute Gasteiger partial charge is 0.481 e. The molecule has 18 heavy (non-hydrogen) atoms. The van der Waals surface area contributed by atoms with E-state index in [0.29, 0.717) is 5.92 Å². The molecule has 0 aromatic carbocycles. The van der Waals surface area contributed by atoms with E-state index >= 15 is 0 Å². The summed E-state index contributed by atoms with van der Waals surface area (Å²) in [6.45, 7) is 4.67. The molecule has 0 atom stereocenters. The Morgan fingerprint density at radius 1 is 1.44 bits per heavy atom. The molecule has 0 aliphatic carbocycles. The monoisotopic (exact) mass is 253 g/mol. The zero-order chi connectivity index (χ0) is 13.0. The Morgan fingerprint density at radius 3 is 2.72 bits per heavy atom. The SMILES string of the molecule is Cc1nonc1CN1CCC(CCC(=O)O)CC1. The summed E-state index contributed by atoms with van der Waals surface area (Å²) < 4.78 is 4.68. The maximum atomic E-state index is 10.5. The lowest BCUT2D eigenvalue weighted by Gasteiger charge is -2.31. The minimum Gasteiger partial charge on any atom is -0.481 e. The fourth-order valence-corrected chi connectivity index (χ4v) is 2.37. The van der Waals surface area contributed by atoms with Crippen LogP contribution in [-0.2, 0) is 11.3 Å². The molecule has 2 rings (SSSR count). The summed E-state index contributed by atoms with van der Waals surface area (Å²) in [6, 6.07) is 0. The van der Waals surface area contributed by atoms with Gasteiger partial charge in [-0.15, -0.1) is 0 Å². The predicted octanol–water partition coefficient (Wildman–Crippen LogP) is 1.45. The second kappa shape index (κ2) is 5.95. The molecule has 0 radical (unpaired) electrons. The van der Waals surface area contributed by atoms with Crippen LogP contribution in [-0.4, -0.2) is 39.4 Å². The van der Waals surface area contributed by atoms with Gasteiger partial charge in [-0.1, -0.05) is 10.3 Å². The van der Waals surface area contributed by atoms with Gasteiger partial charge in [-0.25, -0.2) is 4.63 Å². The van der Waals surface area contributed by atoms with Crippen LogP contribution in [0.2, 0.25) is 0 Å². The summed E-state index contributed by atoms with van der Waals surface area (Å²) in [7, 11) is 0. The molecule has 2 heterocycles. The quantitative estimate of drug-likeness (QED) is 0.855. The van der Waals surface area contributed by atoms with Crippen molar-refractivity contribution < 1.29 is 14.5 Å². The Kier molecular flexibility index (Phi) is 4.30. The molecule has 0 spiro atoms. The highest BCUT2D eigenvalue weighted by Crippen LogP contribution is 2.23. The van der Waals surface area contributed by atoms with E-state index in [9.17, 15) is 4.79 Å². The van der Waals surface area contributed by atoms with E-state index < -0.39 is 5.97 Å². The van der Waals surface area contributed by atoms with E-state index in [1.165, 1.54) is 0 Å². The van der Waals surface area contributed by atoms with Crippen molar-refractivity contribution in [3.05, 3.63) is 11.4 Å². The lowest BCUT2D eigenvalue weighted by atomic mass is 9.92.